The van der Waals surface area contributed by atoms with Crippen molar-refractivity contribution in [1.82, 2.24) is 0 Å². The fourth-order valence-electron chi connectivity index (χ4n) is 6.77. The molecule has 0 amide bonds. The Balaban J connectivity index is 4.28. The second kappa shape index (κ2) is 40.2. The van der Waals surface area contributed by atoms with Gasteiger partial charge in [-0.25, -0.2) is 0 Å². The van der Waals surface area contributed by atoms with E-state index in [-0.39, 0.29) is 32.0 Å². The summed E-state index contributed by atoms with van der Waals surface area (Å²) in [6.07, 6.45) is 42.3. The van der Waals surface area contributed by atoms with E-state index in [2.05, 4.69) is 26.0 Å². The molecule has 10 heteroatoms. The van der Waals surface area contributed by atoms with Crippen molar-refractivity contribution in [2.45, 2.75) is 232 Å². The maximum atomic E-state index is 12.7. The van der Waals surface area contributed by atoms with Crippen molar-refractivity contribution in [3.63, 3.8) is 0 Å². The number of phosphoric acid groups is 1. The molecule has 0 aliphatic carbocycles. The minimum Gasteiger partial charge on any atom is -0.756 e. The lowest BCUT2D eigenvalue weighted by Crippen LogP contribution is -2.37. The van der Waals surface area contributed by atoms with Gasteiger partial charge in [0, 0.05) is 12.8 Å². The number of hydrogen-bond donors (Lipinski definition) is 0. The summed E-state index contributed by atoms with van der Waals surface area (Å²) in [6, 6.07) is 0. The zero-order chi connectivity index (χ0) is 42.1. The molecule has 0 bridgehead atoms. The third-order valence-corrected chi connectivity index (χ3v) is 11.5. The summed E-state index contributed by atoms with van der Waals surface area (Å²) in [7, 11) is 1.17. The van der Waals surface area contributed by atoms with Crippen LogP contribution in [0, 0.1) is 0 Å². The molecule has 0 aromatic carbocycles. The van der Waals surface area contributed by atoms with Crippen molar-refractivity contribution >= 4 is 19.8 Å². The van der Waals surface area contributed by atoms with Gasteiger partial charge in [0.05, 0.1) is 27.7 Å². The number of esters is 2. The van der Waals surface area contributed by atoms with E-state index in [4.69, 9.17) is 18.5 Å². The van der Waals surface area contributed by atoms with Crippen LogP contribution in [0.4, 0.5) is 0 Å². The standard InChI is InChI=1S/C47H92NO8P/c1-6-8-10-12-14-16-18-20-22-23-24-26-28-30-32-34-36-38-40-47(50)56-45(44-55-57(51,52)54-42-41-48(3,4)5)43-53-46(49)39-37-35-33-31-29-27-25-21-19-17-15-13-11-9-7-2/h21,25,45H,6-20,22-24,26-44H2,1-5H3/b25-21+/t45-/m1/s1. The number of allylic oxidation sites excluding steroid dienone is 2. The fourth-order valence-corrected chi connectivity index (χ4v) is 7.50. The van der Waals surface area contributed by atoms with Gasteiger partial charge in [-0.3, -0.25) is 14.2 Å². The van der Waals surface area contributed by atoms with Crippen LogP contribution in [0.2, 0.25) is 0 Å². The third-order valence-electron chi connectivity index (χ3n) is 10.5. The molecule has 0 heterocycles. The number of carbonyl (C=O) groups excluding carboxylic acids is 2. The van der Waals surface area contributed by atoms with Gasteiger partial charge in [-0.15, -0.1) is 0 Å². The Morgan fingerprint density at radius 3 is 1.30 bits per heavy atom. The van der Waals surface area contributed by atoms with Crippen LogP contribution in [0.15, 0.2) is 12.2 Å². The highest BCUT2D eigenvalue weighted by atomic mass is 31.2. The quantitative estimate of drug-likeness (QED) is 0.0196. The Bertz CT molecular complexity index is 985. The number of phosphoric ester groups is 1. The highest BCUT2D eigenvalue weighted by molar-refractivity contribution is 7.45. The highest BCUT2D eigenvalue weighted by Crippen LogP contribution is 2.38. The van der Waals surface area contributed by atoms with E-state index >= 15 is 0 Å². The van der Waals surface area contributed by atoms with Gasteiger partial charge in [-0.2, -0.15) is 0 Å². The number of hydrogen-bond acceptors (Lipinski definition) is 8. The Hall–Kier alpha value is -1.25. The van der Waals surface area contributed by atoms with Gasteiger partial charge in [-0.1, -0.05) is 187 Å². The van der Waals surface area contributed by atoms with Crippen molar-refractivity contribution in [2.75, 3.05) is 47.5 Å². The van der Waals surface area contributed by atoms with Gasteiger partial charge in [0.25, 0.3) is 7.82 Å². The SMILES string of the molecule is CCCCCCCC/C=C/CCCCCCCC(=O)OC[C@H](COP(=O)([O-])OCC[N+](C)(C)C)OC(=O)CCCCCCCCCCCCCCCCCCCC. The van der Waals surface area contributed by atoms with E-state index < -0.39 is 26.5 Å². The van der Waals surface area contributed by atoms with Crippen LogP contribution >= 0.6 is 7.82 Å². The number of unbranched alkanes of at least 4 members (excludes halogenated alkanes) is 28. The van der Waals surface area contributed by atoms with Crippen LogP contribution in [-0.2, 0) is 32.7 Å². The molecule has 9 nitrogen and oxygen atoms in total. The number of nitrogens with zero attached hydrogens (tertiary/aromatic N) is 1. The number of carbonyl (C=O) groups is 2. The monoisotopic (exact) mass is 830 g/mol. The molecule has 0 rings (SSSR count). The van der Waals surface area contributed by atoms with E-state index in [1.54, 1.807) is 0 Å². The number of rotatable bonds is 44. The van der Waals surface area contributed by atoms with Crippen molar-refractivity contribution < 1.29 is 42.1 Å². The van der Waals surface area contributed by atoms with E-state index in [0.717, 1.165) is 51.4 Å². The molecule has 0 aliphatic rings. The molecule has 0 aliphatic heterocycles. The normalized spacial score (nSPS) is 13.6. The minimum atomic E-state index is -4.62. The summed E-state index contributed by atoms with van der Waals surface area (Å²) in [5.41, 5.74) is 0. The van der Waals surface area contributed by atoms with Gasteiger partial charge in [0.2, 0.25) is 0 Å². The van der Waals surface area contributed by atoms with Crippen molar-refractivity contribution in [3.05, 3.63) is 12.2 Å². The van der Waals surface area contributed by atoms with Crippen LogP contribution in [0.25, 0.3) is 0 Å². The number of ether oxygens (including phenoxy) is 2. The summed E-state index contributed by atoms with van der Waals surface area (Å²) < 4.78 is 34.0. The topological polar surface area (TPSA) is 111 Å². The van der Waals surface area contributed by atoms with Crippen LogP contribution in [0.3, 0.4) is 0 Å². The molecular formula is C47H92NO8P. The molecule has 338 valence electrons. The predicted molar refractivity (Wildman–Crippen MR) is 236 cm³/mol. The van der Waals surface area contributed by atoms with Crippen molar-refractivity contribution in [1.29, 1.82) is 0 Å². The zero-order valence-corrected chi connectivity index (χ0v) is 38.9. The van der Waals surface area contributed by atoms with E-state index in [1.165, 1.54) is 141 Å². The van der Waals surface area contributed by atoms with E-state index in [0.29, 0.717) is 17.4 Å². The first-order valence-corrected chi connectivity index (χ1v) is 25.4. The number of likely N-dealkylation sites (N-methyl/N-ethyl adjacent to an activating group) is 1. The fraction of sp³-hybridized carbons (Fsp3) is 0.915. The van der Waals surface area contributed by atoms with Crippen LogP contribution in [-0.4, -0.2) is 70.0 Å². The molecule has 0 spiro atoms. The molecule has 1 unspecified atom stereocenters. The minimum absolute atomic E-state index is 0.0287. The van der Waals surface area contributed by atoms with Crippen molar-refractivity contribution in [3.8, 4) is 0 Å². The maximum Gasteiger partial charge on any atom is 0.306 e. The second-order valence-electron chi connectivity index (χ2n) is 17.5. The largest absolute Gasteiger partial charge is 0.756 e. The summed E-state index contributed by atoms with van der Waals surface area (Å²) in [5.74, 6) is -0.832. The highest BCUT2D eigenvalue weighted by Gasteiger charge is 2.21. The van der Waals surface area contributed by atoms with Gasteiger partial charge >= 0.3 is 11.9 Å². The third kappa shape index (κ3) is 44.1. The Morgan fingerprint density at radius 2 is 0.895 bits per heavy atom. The first-order valence-electron chi connectivity index (χ1n) is 23.9. The second-order valence-corrected chi connectivity index (χ2v) is 18.9. The Labute approximate surface area is 352 Å². The zero-order valence-electron chi connectivity index (χ0n) is 38.1. The molecule has 0 N–H and O–H groups in total. The Kier molecular flexibility index (Phi) is 39.3. The smallest absolute Gasteiger partial charge is 0.306 e. The molecule has 0 aromatic heterocycles. The average Bonchev–Trinajstić information content (AvgIpc) is 3.16. The van der Waals surface area contributed by atoms with Crippen molar-refractivity contribution in [2.24, 2.45) is 0 Å². The summed E-state index contributed by atoms with van der Waals surface area (Å²) in [6.45, 7) is 4.25. The molecule has 0 fully saturated rings. The lowest BCUT2D eigenvalue weighted by Gasteiger charge is -2.28. The van der Waals surface area contributed by atoms with Crippen LogP contribution in [0.5, 0.6) is 0 Å². The molecule has 57 heavy (non-hydrogen) atoms. The first kappa shape index (κ1) is 55.8. The van der Waals surface area contributed by atoms with E-state index in [1.807, 2.05) is 21.1 Å². The summed E-state index contributed by atoms with van der Waals surface area (Å²) in [5, 5.41) is 0. The van der Waals surface area contributed by atoms with Crippen LogP contribution in [0.1, 0.15) is 226 Å². The van der Waals surface area contributed by atoms with Gasteiger partial charge in [0.15, 0.2) is 6.10 Å². The van der Waals surface area contributed by atoms with Gasteiger partial charge < -0.3 is 27.9 Å². The van der Waals surface area contributed by atoms with Crippen LogP contribution < -0.4 is 4.89 Å². The molecule has 0 saturated carbocycles. The summed E-state index contributed by atoms with van der Waals surface area (Å²) in [4.78, 5) is 37.6. The maximum absolute atomic E-state index is 12.7. The van der Waals surface area contributed by atoms with E-state index in [9.17, 15) is 19.0 Å². The lowest BCUT2D eigenvalue weighted by atomic mass is 10.0. The van der Waals surface area contributed by atoms with Gasteiger partial charge in [-0.05, 0) is 38.5 Å². The molecule has 0 radical (unpaired) electrons. The molecular weight excluding hydrogens is 737 g/mol. The number of quaternary nitrogens is 1. The summed E-state index contributed by atoms with van der Waals surface area (Å²) >= 11 is 0. The predicted octanol–water partition coefficient (Wildman–Crippen LogP) is 13.1. The Morgan fingerprint density at radius 1 is 0.526 bits per heavy atom. The first-order chi connectivity index (χ1) is 27.5. The van der Waals surface area contributed by atoms with Gasteiger partial charge in [0.1, 0.15) is 19.8 Å². The lowest BCUT2D eigenvalue weighted by molar-refractivity contribution is -0.870. The average molecular weight is 830 g/mol. The molecule has 0 saturated heterocycles. The molecule has 2 atom stereocenters. The molecule has 0 aromatic rings.